The van der Waals surface area contributed by atoms with Crippen molar-refractivity contribution in [1.29, 1.82) is 0 Å². The van der Waals surface area contributed by atoms with E-state index < -0.39 is 0 Å². The molecule has 3 aromatic carbocycles. The molecule has 0 saturated carbocycles. The van der Waals surface area contributed by atoms with Crippen LogP contribution in [0.15, 0.2) is 72.9 Å². The van der Waals surface area contributed by atoms with Crippen molar-refractivity contribution in [3.8, 4) is 11.6 Å². The molecule has 136 valence electrons. The Kier molecular flexibility index (Phi) is 3.19. The monoisotopic (exact) mass is 373 g/mol. The number of rotatable bonds is 1. The van der Waals surface area contributed by atoms with E-state index in [2.05, 4.69) is 73.4 Å². The molecule has 4 nitrogen and oxygen atoms in total. The van der Waals surface area contributed by atoms with Crippen LogP contribution in [0.4, 0.5) is 0 Å². The highest BCUT2D eigenvalue weighted by molar-refractivity contribution is 6.34. The molecule has 0 atom stereocenters. The van der Waals surface area contributed by atoms with Gasteiger partial charge in [-0.15, -0.1) is 0 Å². The number of hydrogen-bond acceptors (Lipinski definition) is 2. The highest BCUT2D eigenvalue weighted by Gasteiger charge is 2.16. The summed E-state index contributed by atoms with van der Waals surface area (Å²) < 4.78 is 4.35. The zero-order valence-corrected chi connectivity index (χ0v) is 16.2. The van der Waals surface area contributed by atoms with Crippen molar-refractivity contribution in [2.45, 2.75) is 0 Å². The van der Waals surface area contributed by atoms with E-state index in [1.807, 2.05) is 18.3 Å². The number of phenolic OH excluding ortho intramolecular Hbond substituents is 1. The first kappa shape index (κ1) is 16.3. The predicted octanol–water partition coefficient (Wildman–Crippen LogP) is 2.65. The molecule has 0 aliphatic rings. The quantitative estimate of drug-likeness (QED) is 0.451. The molecule has 1 N–H and O–H groups in total. The SMILES string of the molecule is Bc1ccc2c(c1)c1ccc(O)cc1n2-c1cc2c(cn1)c1ccccc1n2B. The van der Waals surface area contributed by atoms with Gasteiger partial charge < -0.3 is 9.58 Å². The molecule has 0 bridgehead atoms. The molecular weight excluding hydrogens is 356 g/mol. The van der Waals surface area contributed by atoms with Gasteiger partial charge in [0, 0.05) is 50.9 Å². The van der Waals surface area contributed by atoms with Gasteiger partial charge in [0.1, 0.15) is 19.4 Å². The lowest BCUT2D eigenvalue weighted by atomic mass is 9.94. The topological polar surface area (TPSA) is 43.0 Å². The molecule has 0 radical (unpaired) electrons. The highest BCUT2D eigenvalue weighted by Crippen LogP contribution is 2.34. The second kappa shape index (κ2) is 5.67. The third-order valence-electron chi connectivity index (χ3n) is 5.92. The van der Waals surface area contributed by atoms with Crippen LogP contribution in [0.25, 0.3) is 49.4 Å². The van der Waals surface area contributed by atoms with Crippen molar-refractivity contribution in [3.05, 3.63) is 72.9 Å². The van der Waals surface area contributed by atoms with Gasteiger partial charge in [0.15, 0.2) is 0 Å². The molecule has 0 fully saturated rings. The Morgan fingerprint density at radius 1 is 0.724 bits per heavy atom. The fourth-order valence-corrected chi connectivity index (χ4v) is 4.54. The second-order valence-corrected chi connectivity index (χ2v) is 7.69. The molecular formula is C23H17B2N3O. The molecule has 0 aliphatic heterocycles. The molecule has 6 heteroatoms. The van der Waals surface area contributed by atoms with Crippen LogP contribution in [-0.2, 0) is 0 Å². The van der Waals surface area contributed by atoms with Crippen molar-refractivity contribution >= 4 is 64.9 Å². The number of aromatic nitrogens is 3. The van der Waals surface area contributed by atoms with Crippen molar-refractivity contribution in [2.75, 3.05) is 0 Å². The van der Waals surface area contributed by atoms with Gasteiger partial charge in [-0.3, -0.25) is 4.57 Å². The Balaban J connectivity index is 1.75. The minimum absolute atomic E-state index is 0.254. The summed E-state index contributed by atoms with van der Waals surface area (Å²) in [5, 5.41) is 14.8. The van der Waals surface area contributed by atoms with Gasteiger partial charge in [0.05, 0.1) is 11.0 Å². The summed E-state index contributed by atoms with van der Waals surface area (Å²) in [6, 6.07) is 22.5. The van der Waals surface area contributed by atoms with Gasteiger partial charge in [0.25, 0.3) is 0 Å². The minimum atomic E-state index is 0.254. The van der Waals surface area contributed by atoms with Gasteiger partial charge in [-0.25, -0.2) is 4.98 Å². The molecule has 3 heterocycles. The Bertz CT molecular complexity index is 1600. The standard InChI is InChI=1S/C23H17B2N3O/c24-13-5-8-19-17(9-13)16-7-6-14(29)10-21(16)27(19)23-11-22-18(12-26-23)15-3-1-2-4-20(15)28(22)25/h1-12,29H,24-25H2. The first-order valence-corrected chi connectivity index (χ1v) is 9.69. The number of pyridine rings is 1. The average molecular weight is 373 g/mol. The molecule has 0 aliphatic carbocycles. The summed E-state index contributed by atoms with van der Waals surface area (Å²) in [4.78, 5) is 4.83. The lowest BCUT2D eigenvalue weighted by molar-refractivity contribution is 0.476. The molecule has 0 unspecified atom stereocenters. The minimum Gasteiger partial charge on any atom is -0.508 e. The molecule has 0 spiro atoms. The number of hydrogen-bond donors (Lipinski definition) is 1. The van der Waals surface area contributed by atoms with Gasteiger partial charge in [-0.05, 0) is 24.3 Å². The fraction of sp³-hybridized carbons (Fsp3) is 0. The molecule has 0 saturated heterocycles. The fourth-order valence-electron chi connectivity index (χ4n) is 4.54. The molecule has 0 amide bonds. The van der Waals surface area contributed by atoms with Crippen LogP contribution in [0.1, 0.15) is 0 Å². The van der Waals surface area contributed by atoms with Crippen LogP contribution in [0.2, 0.25) is 0 Å². The lowest BCUT2D eigenvalue weighted by Gasteiger charge is -2.08. The highest BCUT2D eigenvalue weighted by atomic mass is 16.3. The van der Waals surface area contributed by atoms with Crippen LogP contribution < -0.4 is 5.46 Å². The van der Waals surface area contributed by atoms with E-state index in [0.717, 1.165) is 33.1 Å². The number of benzene rings is 3. The Labute approximate surface area is 168 Å². The van der Waals surface area contributed by atoms with Crippen LogP contribution in [0.3, 0.4) is 0 Å². The summed E-state index contributed by atoms with van der Waals surface area (Å²) in [6.07, 6.45) is 1.96. The van der Waals surface area contributed by atoms with E-state index in [4.69, 9.17) is 4.98 Å². The molecule has 3 aromatic heterocycles. The van der Waals surface area contributed by atoms with E-state index in [1.165, 1.54) is 21.8 Å². The van der Waals surface area contributed by atoms with Gasteiger partial charge >= 0.3 is 0 Å². The number of aromatic hydroxyl groups is 1. The van der Waals surface area contributed by atoms with E-state index in [0.29, 0.717) is 0 Å². The van der Waals surface area contributed by atoms with E-state index in [-0.39, 0.29) is 5.75 Å². The van der Waals surface area contributed by atoms with Crippen LogP contribution >= 0.6 is 0 Å². The maximum Gasteiger partial charge on any atom is 0.223 e. The lowest BCUT2D eigenvalue weighted by Crippen LogP contribution is -2.01. The van der Waals surface area contributed by atoms with Crippen molar-refractivity contribution in [3.63, 3.8) is 0 Å². The van der Waals surface area contributed by atoms with Crippen molar-refractivity contribution in [2.24, 2.45) is 0 Å². The first-order chi connectivity index (χ1) is 14.1. The van der Waals surface area contributed by atoms with E-state index in [9.17, 15) is 5.11 Å². The summed E-state index contributed by atoms with van der Waals surface area (Å²) >= 11 is 0. The van der Waals surface area contributed by atoms with E-state index in [1.54, 1.807) is 6.07 Å². The Hall–Kier alpha value is -3.66. The number of para-hydroxylation sites is 1. The number of phenols is 1. The van der Waals surface area contributed by atoms with Crippen molar-refractivity contribution < 1.29 is 5.11 Å². The van der Waals surface area contributed by atoms with Crippen LogP contribution in [0, 0.1) is 0 Å². The van der Waals surface area contributed by atoms with E-state index >= 15 is 0 Å². The summed E-state index contributed by atoms with van der Waals surface area (Å²) in [5.74, 6) is 1.10. The second-order valence-electron chi connectivity index (χ2n) is 7.69. The maximum atomic E-state index is 10.2. The number of fused-ring (bicyclic) bond motifs is 6. The maximum absolute atomic E-state index is 10.2. The average Bonchev–Trinajstić information content (AvgIpc) is 3.20. The molecule has 29 heavy (non-hydrogen) atoms. The summed E-state index contributed by atoms with van der Waals surface area (Å²) in [5.41, 5.74) is 5.58. The summed E-state index contributed by atoms with van der Waals surface area (Å²) in [7, 11) is 4.19. The smallest absolute Gasteiger partial charge is 0.223 e. The zero-order valence-electron chi connectivity index (χ0n) is 16.2. The van der Waals surface area contributed by atoms with Crippen LogP contribution in [0.5, 0.6) is 5.75 Å². The van der Waals surface area contributed by atoms with Crippen molar-refractivity contribution in [1.82, 2.24) is 14.0 Å². The third kappa shape index (κ3) is 2.20. The van der Waals surface area contributed by atoms with Crippen LogP contribution in [-0.4, -0.2) is 35.0 Å². The third-order valence-corrected chi connectivity index (χ3v) is 5.92. The molecule has 6 aromatic rings. The normalized spacial score (nSPS) is 11.9. The predicted molar refractivity (Wildman–Crippen MR) is 125 cm³/mol. The van der Waals surface area contributed by atoms with Gasteiger partial charge in [-0.1, -0.05) is 35.8 Å². The van der Waals surface area contributed by atoms with Gasteiger partial charge in [-0.2, -0.15) is 0 Å². The Morgan fingerprint density at radius 2 is 1.55 bits per heavy atom. The Morgan fingerprint density at radius 3 is 2.45 bits per heavy atom. The molecule has 6 rings (SSSR count). The van der Waals surface area contributed by atoms with Gasteiger partial charge in [0.2, 0.25) is 7.98 Å². The zero-order chi connectivity index (χ0) is 19.7. The number of nitrogens with zero attached hydrogens (tertiary/aromatic N) is 3. The first-order valence-electron chi connectivity index (χ1n) is 9.69. The summed E-state index contributed by atoms with van der Waals surface area (Å²) in [6.45, 7) is 0. The largest absolute Gasteiger partial charge is 0.508 e.